The van der Waals surface area contributed by atoms with Crippen molar-refractivity contribution in [3.8, 4) is 0 Å². The van der Waals surface area contributed by atoms with Crippen LogP contribution in [0.2, 0.25) is 5.02 Å². The summed E-state index contributed by atoms with van der Waals surface area (Å²) in [6.07, 6.45) is 0.653. The minimum absolute atomic E-state index is 0.166. The van der Waals surface area contributed by atoms with Gasteiger partial charge in [-0.3, -0.25) is 0 Å². The highest BCUT2D eigenvalue weighted by atomic mass is 35.5. The molecule has 100 valence electrons. The molecule has 0 radical (unpaired) electrons. The summed E-state index contributed by atoms with van der Waals surface area (Å²) in [5.41, 5.74) is 0.0294. The number of hydrogen-bond donors (Lipinski definition) is 1. The van der Waals surface area contributed by atoms with Crippen LogP contribution in [0, 0.1) is 5.82 Å². The predicted octanol–water partition coefficient (Wildman–Crippen LogP) is 4.32. The molecular weight excluding hydrogens is 263 g/mol. The Morgan fingerprint density at radius 3 is 2.37 bits per heavy atom. The first-order chi connectivity index (χ1) is 9.07. The van der Waals surface area contributed by atoms with Crippen molar-refractivity contribution in [2.24, 2.45) is 0 Å². The van der Waals surface area contributed by atoms with E-state index in [1.807, 2.05) is 37.3 Å². The van der Waals surface area contributed by atoms with Gasteiger partial charge in [-0.25, -0.2) is 4.39 Å². The smallest absolute Gasteiger partial charge is 0.128 e. The summed E-state index contributed by atoms with van der Waals surface area (Å²) in [4.78, 5) is 0. The maximum absolute atomic E-state index is 13.8. The molecule has 2 aromatic carbocycles. The van der Waals surface area contributed by atoms with Crippen molar-refractivity contribution in [3.05, 3.63) is 70.5 Å². The zero-order chi connectivity index (χ0) is 13.9. The van der Waals surface area contributed by atoms with Gasteiger partial charge >= 0.3 is 0 Å². The molecule has 0 saturated heterocycles. The van der Waals surface area contributed by atoms with Gasteiger partial charge < -0.3 is 5.11 Å². The van der Waals surface area contributed by atoms with Crippen LogP contribution >= 0.6 is 11.6 Å². The van der Waals surface area contributed by atoms with E-state index in [0.717, 1.165) is 5.56 Å². The van der Waals surface area contributed by atoms with Crippen LogP contribution in [0.3, 0.4) is 0 Å². The van der Waals surface area contributed by atoms with E-state index in [1.54, 1.807) is 12.1 Å². The van der Waals surface area contributed by atoms with Gasteiger partial charge in [0.05, 0.1) is 5.60 Å². The highest BCUT2D eigenvalue weighted by molar-refractivity contribution is 6.31. The minimum atomic E-state index is -1.10. The topological polar surface area (TPSA) is 20.2 Å². The average Bonchev–Trinajstić information content (AvgIpc) is 2.44. The number of aliphatic hydroxyl groups is 1. The van der Waals surface area contributed by atoms with E-state index in [1.165, 1.54) is 6.07 Å². The summed E-state index contributed by atoms with van der Waals surface area (Å²) in [5.74, 6) is -0.379. The molecule has 2 rings (SSSR count). The van der Waals surface area contributed by atoms with Crippen molar-refractivity contribution in [3.63, 3.8) is 0 Å². The molecule has 3 heteroatoms. The zero-order valence-electron chi connectivity index (χ0n) is 10.7. The lowest BCUT2D eigenvalue weighted by molar-refractivity contribution is 0.0319. The first-order valence-electron chi connectivity index (χ1n) is 6.27. The second-order valence-electron chi connectivity index (χ2n) is 4.63. The number of rotatable bonds is 4. The molecule has 0 heterocycles. The van der Waals surface area contributed by atoms with E-state index in [-0.39, 0.29) is 12.2 Å². The fourth-order valence-electron chi connectivity index (χ4n) is 2.17. The Morgan fingerprint density at radius 1 is 1.11 bits per heavy atom. The first-order valence-corrected chi connectivity index (χ1v) is 6.65. The SMILES string of the molecule is CCC(O)(Cc1c(F)cccc1Cl)c1ccccc1. The van der Waals surface area contributed by atoms with Crippen molar-refractivity contribution >= 4 is 11.6 Å². The van der Waals surface area contributed by atoms with Gasteiger partial charge in [0, 0.05) is 17.0 Å². The molecular formula is C16H16ClFO. The highest BCUT2D eigenvalue weighted by Crippen LogP contribution is 2.32. The molecule has 19 heavy (non-hydrogen) atoms. The van der Waals surface area contributed by atoms with Crippen LogP contribution in [0.15, 0.2) is 48.5 Å². The average molecular weight is 279 g/mol. The van der Waals surface area contributed by atoms with E-state index in [0.29, 0.717) is 17.0 Å². The summed E-state index contributed by atoms with van der Waals surface area (Å²) >= 11 is 6.03. The van der Waals surface area contributed by atoms with Gasteiger partial charge in [0.2, 0.25) is 0 Å². The second kappa shape index (κ2) is 5.72. The molecule has 0 fully saturated rings. The van der Waals surface area contributed by atoms with Crippen molar-refractivity contribution in [1.82, 2.24) is 0 Å². The van der Waals surface area contributed by atoms with Crippen molar-refractivity contribution in [2.75, 3.05) is 0 Å². The molecule has 0 bridgehead atoms. The van der Waals surface area contributed by atoms with Crippen LogP contribution < -0.4 is 0 Å². The molecule has 0 spiro atoms. The molecule has 1 nitrogen and oxygen atoms in total. The third-order valence-electron chi connectivity index (χ3n) is 3.43. The lowest BCUT2D eigenvalue weighted by Gasteiger charge is -2.28. The number of halogens is 2. The van der Waals surface area contributed by atoms with Gasteiger partial charge in [-0.15, -0.1) is 0 Å². The normalized spacial score (nSPS) is 14.1. The van der Waals surface area contributed by atoms with Crippen LogP contribution in [0.1, 0.15) is 24.5 Å². The molecule has 0 aromatic heterocycles. The van der Waals surface area contributed by atoms with Crippen LogP contribution in [-0.4, -0.2) is 5.11 Å². The third kappa shape index (κ3) is 2.96. The fraction of sp³-hybridized carbons (Fsp3) is 0.250. The quantitative estimate of drug-likeness (QED) is 0.883. The largest absolute Gasteiger partial charge is 0.385 e. The molecule has 0 aliphatic rings. The van der Waals surface area contributed by atoms with Gasteiger partial charge in [0.1, 0.15) is 5.82 Å². The molecule has 0 saturated carbocycles. The van der Waals surface area contributed by atoms with Crippen LogP contribution in [-0.2, 0) is 12.0 Å². The van der Waals surface area contributed by atoms with Crippen LogP contribution in [0.25, 0.3) is 0 Å². The predicted molar refractivity (Wildman–Crippen MR) is 75.7 cm³/mol. The Balaban J connectivity index is 2.39. The van der Waals surface area contributed by atoms with Crippen molar-refractivity contribution in [1.29, 1.82) is 0 Å². The summed E-state index contributed by atoms with van der Waals surface area (Å²) in [7, 11) is 0. The van der Waals surface area contributed by atoms with Gasteiger partial charge in [-0.2, -0.15) is 0 Å². The fourth-order valence-corrected chi connectivity index (χ4v) is 2.40. The van der Waals surface area contributed by atoms with E-state index in [2.05, 4.69) is 0 Å². The van der Waals surface area contributed by atoms with Crippen molar-refractivity contribution in [2.45, 2.75) is 25.4 Å². The molecule has 2 aromatic rings. The maximum atomic E-state index is 13.8. The summed E-state index contributed by atoms with van der Waals surface area (Å²) in [6.45, 7) is 1.88. The Morgan fingerprint density at radius 2 is 1.79 bits per heavy atom. The van der Waals surface area contributed by atoms with Gasteiger partial charge in [-0.05, 0) is 24.1 Å². The van der Waals surface area contributed by atoms with Gasteiger partial charge in [0.15, 0.2) is 0 Å². The van der Waals surface area contributed by atoms with Crippen molar-refractivity contribution < 1.29 is 9.50 Å². The minimum Gasteiger partial charge on any atom is -0.385 e. The van der Waals surface area contributed by atoms with E-state index >= 15 is 0 Å². The summed E-state index contributed by atoms with van der Waals surface area (Å²) in [5, 5.41) is 11.1. The molecule has 1 N–H and O–H groups in total. The number of hydrogen-bond acceptors (Lipinski definition) is 1. The first kappa shape index (κ1) is 14.0. The monoisotopic (exact) mass is 278 g/mol. The van der Waals surface area contributed by atoms with Crippen LogP contribution in [0.5, 0.6) is 0 Å². The Kier molecular flexibility index (Phi) is 4.23. The summed E-state index contributed by atoms with van der Waals surface area (Å²) < 4.78 is 13.8. The van der Waals surface area contributed by atoms with E-state index in [9.17, 15) is 9.50 Å². The second-order valence-corrected chi connectivity index (χ2v) is 5.04. The van der Waals surface area contributed by atoms with E-state index in [4.69, 9.17) is 11.6 Å². The Hall–Kier alpha value is -1.38. The molecule has 1 unspecified atom stereocenters. The lowest BCUT2D eigenvalue weighted by atomic mass is 9.85. The molecule has 1 atom stereocenters. The van der Waals surface area contributed by atoms with E-state index < -0.39 is 5.60 Å². The third-order valence-corrected chi connectivity index (χ3v) is 3.78. The van der Waals surface area contributed by atoms with Gasteiger partial charge in [0.25, 0.3) is 0 Å². The number of benzene rings is 2. The molecule has 0 aliphatic heterocycles. The summed E-state index contributed by atoms with van der Waals surface area (Å²) in [6, 6.07) is 13.9. The highest BCUT2D eigenvalue weighted by Gasteiger charge is 2.29. The Bertz CT molecular complexity index is 536. The lowest BCUT2D eigenvalue weighted by Crippen LogP contribution is -2.28. The Labute approximate surface area is 117 Å². The molecule has 0 aliphatic carbocycles. The maximum Gasteiger partial charge on any atom is 0.128 e. The standard InChI is InChI=1S/C16H16ClFO/c1-2-16(19,12-7-4-3-5-8-12)11-13-14(17)9-6-10-15(13)18/h3-10,19H,2,11H2,1H3. The van der Waals surface area contributed by atoms with Crippen LogP contribution in [0.4, 0.5) is 4.39 Å². The van der Waals surface area contributed by atoms with Gasteiger partial charge in [-0.1, -0.05) is 54.9 Å². The zero-order valence-corrected chi connectivity index (χ0v) is 11.5. The molecule has 0 amide bonds.